The second kappa shape index (κ2) is 9.92. The zero-order chi connectivity index (χ0) is 22.5. The van der Waals surface area contributed by atoms with Crippen LogP contribution in [0.2, 0.25) is 5.02 Å². The van der Waals surface area contributed by atoms with Crippen LogP contribution in [0.15, 0.2) is 36.4 Å². The molecule has 0 spiro atoms. The monoisotopic (exact) mass is 485 g/mol. The molecule has 1 atom stereocenters. The number of hydrogen-bond acceptors (Lipinski definition) is 5. The van der Waals surface area contributed by atoms with Crippen molar-refractivity contribution in [2.24, 2.45) is 0 Å². The minimum atomic E-state index is -4.54. The molecule has 0 heterocycles. The smallest absolute Gasteiger partial charge is 0.416 e. The lowest BCUT2D eigenvalue weighted by Gasteiger charge is -2.17. The van der Waals surface area contributed by atoms with Gasteiger partial charge in [-0.05, 0) is 30.3 Å². The molecule has 30 heavy (non-hydrogen) atoms. The number of halogens is 5. The van der Waals surface area contributed by atoms with E-state index < -0.39 is 25.0 Å². The molecule has 1 unspecified atom stereocenters. The Labute approximate surface area is 180 Å². The molecule has 0 aliphatic heterocycles. The van der Waals surface area contributed by atoms with Gasteiger partial charge in [-0.15, -0.1) is 11.6 Å². The average Bonchev–Trinajstić information content (AvgIpc) is 2.68. The van der Waals surface area contributed by atoms with Crippen LogP contribution >= 0.6 is 30.6 Å². The van der Waals surface area contributed by atoms with Gasteiger partial charge >= 0.3 is 6.18 Å². The Morgan fingerprint density at radius 3 is 2.43 bits per heavy atom. The van der Waals surface area contributed by atoms with Crippen molar-refractivity contribution in [3.63, 3.8) is 0 Å². The van der Waals surface area contributed by atoms with Crippen LogP contribution in [-0.2, 0) is 20.1 Å². The van der Waals surface area contributed by atoms with Crippen molar-refractivity contribution in [1.82, 2.24) is 0 Å². The van der Waals surface area contributed by atoms with Crippen LogP contribution in [0.5, 0.6) is 17.2 Å². The molecular formula is C18H17Cl2F3NO5P. The number of ether oxygens (including phenoxy) is 2. The van der Waals surface area contributed by atoms with E-state index in [4.69, 9.17) is 37.2 Å². The van der Waals surface area contributed by atoms with Gasteiger partial charge in [0.05, 0.1) is 16.3 Å². The van der Waals surface area contributed by atoms with Gasteiger partial charge in [0.2, 0.25) is 13.3 Å². The van der Waals surface area contributed by atoms with Crippen molar-refractivity contribution in [2.75, 3.05) is 31.3 Å². The summed E-state index contributed by atoms with van der Waals surface area (Å²) >= 11 is 11.4. The van der Waals surface area contributed by atoms with Crippen molar-refractivity contribution < 1.29 is 36.5 Å². The third-order valence-corrected chi connectivity index (χ3v) is 5.58. The maximum absolute atomic E-state index is 12.8. The highest BCUT2D eigenvalue weighted by Gasteiger charge is 2.31. The number of carbonyl (C=O) groups excluding carboxylic acids is 1. The Hall–Kier alpha value is -1.93. The van der Waals surface area contributed by atoms with Crippen molar-refractivity contribution >= 4 is 42.2 Å². The van der Waals surface area contributed by atoms with E-state index in [1.807, 2.05) is 0 Å². The second-order valence-electron chi connectivity index (χ2n) is 6.05. The second-order valence-corrected chi connectivity index (χ2v) is 9.38. The van der Waals surface area contributed by atoms with Crippen molar-refractivity contribution in [1.29, 1.82) is 0 Å². The Balaban J connectivity index is 2.31. The highest BCUT2D eigenvalue weighted by molar-refractivity contribution is 7.57. The number of benzene rings is 2. The third kappa shape index (κ3) is 6.80. The fraction of sp³-hybridized carbons (Fsp3) is 0.278. The number of alkyl halides is 4. The number of rotatable bonds is 8. The summed E-state index contributed by atoms with van der Waals surface area (Å²) in [5, 5.41) is 2.26. The average molecular weight is 486 g/mol. The fourth-order valence-corrected chi connectivity index (χ4v) is 2.86. The van der Waals surface area contributed by atoms with E-state index in [9.17, 15) is 22.5 Å². The summed E-state index contributed by atoms with van der Waals surface area (Å²) in [4.78, 5) is 11.6. The molecule has 0 fully saturated rings. The highest BCUT2D eigenvalue weighted by Crippen LogP contribution is 2.43. The van der Waals surface area contributed by atoms with E-state index in [0.29, 0.717) is 0 Å². The van der Waals surface area contributed by atoms with Crippen molar-refractivity contribution in [2.45, 2.75) is 6.18 Å². The predicted molar refractivity (Wildman–Crippen MR) is 108 cm³/mol. The first-order valence-electron chi connectivity index (χ1n) is 8.24. The van der Waals surface area contributed by atoms with Crippen molar-refractivity contribution in [3.8, 4) is 17.2 Å². The van der Waals surface area contributed by atoms with Crippen LogP contribution in [0.1, 0.15) is 5.56 Å². The van der Waals surface area contributed by atoms with Gasteiger partial charge < -0.3 is 19.3 Å². The normalized spacial score (nSPS) is 13.4. The van der Waals surface area contributed by atoms with Gasteiger partial charge in [-0.3, -0.25) is 9.36 Å². The van der Waals surface area contributed by atoms with Crippen LogP contribution in [0.25, 0.3) is 0 Å². The third-order valence-electron chi connectivity index (χ3n) is 3.68. The van der Waals surface area contributed by atoms with Crippen LogP contribution in [0.4, 0.5) is 18.9 Å². The quantitative estimate of drug-likeness (QED) is 0.355. The molecule has 0 bridgehead atoms. The lowest BCUT2D eigenvalue weighted by molar-refractivity contribution is -0.137. The summed E-state index contributed by atoms with van der Waals surface area (Å²) in [5.41, 5.74) is -0.691. The van der Waals surface area contributed by atoms with Crippen LogP contribution in [-0.4, -0.2) is 31.9 Å². The summed E-state index contributed by atoms with van der Waals surface area (Å²) in [6.45, 7) is 1.37. The topological polar surface area (TPSA) is 73.9 Å². The molecule has 12 heteroatoms. The highest BCUT2D eigenvalue weighted by atomic mass is 35.5. The van der Waals surface area contributed by atoms with Gasteiger partial charge in [-0.1, -0.05) is 11.6 Å². The van der Waals surface area contributed by atoms with E-state index in [2.05, 4.69) is 5.32 Å². The van der Waals surface area contributed by atoms with Gasteiger partial charge in [0.25, 0.3) is 0 Å². The zero-order valence-electron chi connectivity index (χ0n) is 15.8. The first-order chi connectivity index (χ1) is 13.9. The standard InChI is InChI=1S/C18H17Cl2F3NO5P/c1-27-30(2,26)10-28-16-8-12(4-5-14(16)24-17(25)9-19)29-15-6-3-11(7-13(15)20)18(21,22)23/h3-8H,9-10H2,1-2H3,(H,24,25). The number of anilines is 1. The van der Waals surface area contributed by atoms with Crippen LogP contribution in [0, 0.1) is 0 Å². The van der Waals surface area contributed by atoms with Crippen molar-refractivity contribution in [3.05, 3.63) is 47.0 Å². The summed E-state index contributed by atoms with van der Waals surface area (Å²) < 4.78 is 66.3. The SMILES string of the molecule is COP(C)(=O)COc1cc(Oc2ccc(C(F)(F)F)cc2Cl)ccc1NC(=O)CCl. The molecule has 0 aliphatic rings. The number of nitrogens with one attached hydrogen (secondary N) is 1. The number of hydrogen-bond donors (Lipinski definition) is 1. The summed E-state index contributed by atoms with van der Waals surface area (Å²) in [5.74, 6) is -0.589. The first-order valence-corrected chi connectivity index (χ1v) is 11.4. The molecule has 0 saturated heterocycles. The number of amides is 1. The van der Waals surface area contributed by atoms with Crippen LogP contribution in [0.3, 0.4) is 0 Å². The van der Waals surface area contributed by atoms with E-state index in [-0.39, 0.29) is 40.2 Å². The van der Waals surface area contributed by atoms with Gasteiger partial charge in [0.1, 0.15) is 23.1 Å². The van der Waals surface area contributed by atoms with E-state index in [0.717, 1.165) is 18.2 Å². The molecule has 0 aliphatic carbocycles. The number of carbonyl (C=O) groups is 1. The molecule has 0 aromatic heterocycles. The molecular weight excluding hydrogens is 469 g/mol. The fourth-order valence-electron chi connectivity index (χ4n) is 2.10. The molecule has 1 N–H and O–H groups in total. The van der Waals surface area contributed by atoms with E-state index in [1.165, 1.54) is 32.0 Å². The molecule has 2 rings (SSSR count). The summed E-state index contributed by atoms with van der Waals surface area (Å²) in [7, 11) is -1.77. The Kier molecular flexibility index (Phi) is 8.05. The first kappa shape index (κ1) is 24.3. The molecule has 0 saturated carbocycles. The predicted octanol–water partition coefficient (Wildman–Crippen LogP) is 6.22. The Morgan fingerprint density at radius 2 is 1.87 bits per heavy atom. The van der Waals surface area contributed by atoms with E-state index >= 15 is 0 Å². The molecule has 2 aromatic carbocycles. The van der Waals surface area contributed by atoms with Gasteiger partial charge in [0.15, 0.2) is 6.35 Å². The molecule has 0 radical (unpaired) electrons. The van der Waals surface area contributed by atoms with Gasteiger partial charge in [0, 0.05) is 19.8 Å². The van der Waals surface area contributed by atoms with E-state index in [1.54, 1.807) is 0 Å². The van der Waals surface area contributed by atoms with Gasteiger partial charge in [-0.2, -0.15) is 13.2 Å². The molecule has 6 nitrogen and oxygen atoms in total. The van der Waals surface area contributed by atoms with Crippen LogP contribution < -0.4 is 14.8 Å². The maximum Gasteiger partial charge on any atom is 0.416 e. The maximum atomic E-state index is 12.8. The molecule has 164 valence electrons. The minimum absolute atomic E-state index is 0.0220. The Bertz CT molecular complexity index is 971. The summed E-state index contributed by atoms with van der Waals surface area (Å²) in [6, 6.07) is 6.88. The lowest BCUT2D eigenvalue weighted by Crippen LogP contribution is -2.14. The van der Waals surface area contributed by atoms with Gasteiger partial charge in [-0.25, -0.2) is 0 Å². The largest absolute Gasteiger partial charge is 0.481 e. The molecule has 2 aromatic rings. The zero-order valence-corrected chi connectivity index (χ0v) is 18.2. The lowest BCUT2D eigenvalue weighted by atomic mass is 10.2. The minimum Gasteiger partial charge on any atom is -0.481 e. The molecule has 1 amide bonds. The summed E-state index contributed by atoms with van der Waals surface area (Å²) in [6.07, 6.45) is -4.83. The Morgan fingerprint density at radius 1 is 1.17 bits per heavy atom.